The third kappa shape index (κ3) is 5.66. The maximum Gasteiger partial charge on any atom is 0.234 e. The first-order valence-electron chi connectivity index (χ1n) is 9.40. The second kappa shape index (κ2) is 9.51. The summed E-state index contributed by atoms with van der Waals surface area (Å²) in [6.07, 6.45) is 0.0389. The normalized spacial score (nSPS) is 15.6. The number of carbonyl (C=O) groups excluding carboxylic acids is 3. The predicted octanol–water partition coefficient (Wildman–Crippen LogP) is 2.20. The number of benzene rings is 2. The van der Waals surface area contributed by atoms with E-state index in [0.29, 0.717) is 25.3 Å². The van der Waals surface area contributed by atoms with E-state index in [9.17, 15) is 14.4 Å². The summed E-state index contributed by atoms with van der Waals surface area (Å²) in [4.78, 5) is 37.8. The van der Waals surface area contributed by atoms with Crippen molar-refractivity contribution >= 4 is 23.4 Å². The standard InChI is InChI=1S/C22H22N4O3/c23-11-10-20(27)24-13-16-6-8-19(9-7-16)25-22(29)18-12-21(28)26(15-18)14-17-4-2-1-3-5-17/h1-9,18H,10,12-15H2,(H,24,27)(H,25,29). The van der Waals surface area contributed by atoms with Gasteiger partial charge in [0, 0.05) is 31.7 Å². The van der Waals surface area contributed by atoms with Crippen molar-refractivity contribution in [3.8, 4) is 6.07 Å². The molecule has 0 bridgehead atoms. The largest absolute Gasteiger partial charge is 0.351 e. The van der Waals surface area contributed by atoms with E-state index in [1.807, 2.05) is 30.3 Å². The zero-order chi connectivity index (χ0) is 20.6. The van der Waals surface area contributed by atoms with Crippen molar-refractivity contribution in [1.82, 2.24) is 10.2 Å². The minimum Gasteiger partial charge on any atom is -0.351 e. The number of carbonyl (C=O) groups is 3. The van der Waals surface area contributed by atoms with Crippen LogP contribution in [0.2, 0.25) is 0 Å². The van der Waals surface area contributed by atoms with Crippen LogP contribution < -0.4 is 10.6 Å². The van der Waals surface area contributed by atoms with Crippen molar-refractivity contribution in [3.05, 3.63) is 65.7 Å². The van der Waals surface area contributed by atoms with E-state index in [-0.39, 0.29) is 36.5 Å². The van der Waals surface area contributed by atoms with Gasteiger partial charge in [0.15, 0.2) is 0 Å². The number of likely N-dealkylation sites (tertiary alicyclic amines) is 1. The molecule has 2 N–H and O–H groups in total. The summed E-state index contributed by atoms with van der Waals surface area (Å²) in [5.41, 5.74) is 2.54. The van der Waals surface area contributed by atoms with E-state index in [2.05, 4.69) is 10.6 Å². The molecule has 1 fully saturated rings. The molecule has 0 saturated carbocycles. The smallest absolute Gasteiger partial charge is 0.234 e. The maximum absolute atomic E-state index is 12.6. The van der Waals surface area contributed by atoms with E-state index in [4.69, 9.17) is 5.26 Å². The molecule has 0 spiro atoms. The Morgan fingerprint density at radius 1 is 1.07 bits per heavy atom. The average molecular weight is 390 g/mol. The van der Waals surface area contributed by atoms with Gasteiger partial charge < -0.3 is 15.5 Å². The highest BCUT2D eigenvalue weighted by Crippen LogP contribution is 2.22. The molecule has 0 radical (unpaired) electrons. The molecule has 1 aliphatic heterocycles. The van der Waals surface area contributed by atoms with E-state index in [1.54, 1.807) is 35.2 Å². The van der Waals surface area contributed by atoms with Gasteiger partial charge in [0.2, 0.25) is 17.7 Å². The van der Waals surface area contributed by atoms with E-state index >= 15 is 0 Å². The van der Waals surface area contributed by atoms with Crippen LogP contribution in [0, 0.1) is 17.2 Å². The molecule has 1 unspecified atom stereocenters. The lowest BCUT2D eigenvalue weighted by Gasteiger charge is -2.16. The van der Waals surface area contributed by atoms with E-state index in [1.165, 1.54) is 0 Å². The lowest BCUT2D eigenvalue weighted by molar-refractivity contribution is -0.128. The van der Waals surface area contributed by atoms with Gasteiger partial charge in [0.25, 0.3) is 0 Å². The maximum atomic E-state index is 12.6. The molecule has 1 heterocycles. The van der Waals surface area contributed by atoms with Gasteiger partial charge >= 0.3 is 0 Å². The van der Waals surface area contributed by atoms with E-state index in [0.717, 1.165) is 11.1 Å². The van der Waals surface area contributed by atoms with Crippen molar-refractivity contribution in [2.75, 3.05) is 11.9 Å². The lowest BCUT2D eigenvalue weighted by atomic mass is 10.1. The Kier molecular flexibility index (Phi) is 6.59. The van der Waals surface area contributed by atoms with Crippen molar-refractivity contribution in [2.24, 2.45) is 5.92 Å². The number of nitrogens with one attached hydrogen (secondary N) is 2. The zero-order valence-corrected chi connectivity index (χ0v) is 15.9. The topological polar surface area (TPSA) is 102 Å². The Morgan fingerprint density at radius 3 is 2.48 bits per heavy atom. The highest BCUT2D eigenvalue weighted by molar-refractivity contribution is 5.97. The fraction of sp³-hybridized carbons (Fsp3) is 0.273. The van der Waals surface area contributed by atoms with Crippen molar-refractivity contribution in [3.63, 3.8) is 0 Å². The van der Waals surface area contributed by atoms with Gasteiger partial charge in [0.05, 0.1) is 12.0 Å². The summed E-state index contributed by atoms with van der Waals surface area (Å²) in [5, 5.41) is 14.0. The molecule has 148 valence electrons. The summed E-state index contributed by atoms with van der Waals surface area (Å²) in [5.74, 6) is -0.895. The van der Waals surface area contributed by atoms with Crippen LogP contribution in [0.5, 0.6) is 0 Å². The average Bonchev–Trinajstić information content (AvgIpc) is 3.09. The first-order chi connectivity index (χ1) is 14.0. The second-order valence-corrected chi connectivity index (χ2v) is 6.96. The third-order valence-electron chi connectivity index (χ3n) is 4.75. The highest BCUT2D eigenvalue weighted by atomic mass is 16.2. The Hall–Kier alpha value is -3.66. The first-order valence-corrected chi connectivity index (χ1v) is 9.40. The fourth-order valence-corrected chi connectivity index (χ4v) is 3.19. The molecule has 3 amide bonds. The SMILES string of the molecule is N#CCC(=O)NCc1ccc(NC(=O)C2CC(=O)N(Cc3ccccc3)C2)cc1. The number of amides is 3. The Bertz CT molecular complexity index is 919. The molecule has 0 aliphatic carbocycles. The minimum absolute atomic E-state index is 0.0162. The second-order valence-electron chi connectivity index (χ2n) is 6.96. The molecule has 7 nitrogen and oxygen atoms in total. The molecule has 2 aromatic rings. The number of hydrogen-bond donors (Lipinski definition) is 2. The summed E-state index contributed by atoms with van der Waals surface area (Å²) >= 11 is 0. The van der Waals surface area contributed by atoms with Crippen molar-refractivity contribution in [1.29, 1.82) is 5.26 Å². The van der Waals surface area contributed by atoms with Crippen LogP contribution in [-0.2, 0) is 27.5 Å². The van der Waals surface area contributed by atoms with Gasteiger partial charge in [-0.3, -0.25) is 14.4 Å². The lowest BCUT2D eigenvalue weighted by Crippen LogP contribution is -2.28. The predicted molar refractivity (Wildman–Crippen MR) is 107 cm³/mol. The molecular weight excluding hydrogens is 368 g/mol. The summed E-state index contributed by atoms with van der Waals surface area (Å²) < 4.78 is 0. The number of rotatable bonds is 7. The van der Waals surface area contributed by atoms with Gasteiger partial charge in [-0.1, -0.05) is 42.5 Å². The van der Waals surface area contributed by atoms with Gasteiger partial charge in [-0.05, 0) is 23.3 Å². The quantitative estimate of drug-likeness (QED) is 0.757. The van der Waals surface area contributed by atoms with Crippen molar-refractivity contribution < 1.29 is 14.4 Å². The van der Waals surface area contributed by atoms with Crippen LogP contribution in [0.4, 0.5) is 5.69 Å². The molecular formula is C22H22N4O3. The van der Waals surface area contributed by atoms with Crippen molar-refractivity contribution in [2.45, 2.75) is 25.9 Å². The highest BCUT2D eigenvalue weighted by Gasteiger charge is 2.34. The van der Waals surface area contributed by atoms with Gasteiger partial charge in [-0.25, -0.2) is 0 Å². The molecule has 7 heteroatoms. The van der Waals surface area contributed by atoms with Crippen LogP contribution in [0.25, 0.3) is 0 Å². The fourth-order valence-electron chi connectivity index (χ4n) is 3.19. The van der Waals surface area contributed by atoms with Gasteiger partial charge in [0.1, 0.15) is 6.42 Å². The Balaban J connectivity index is 1.50. The molecule has 1 aliphatic rings. The Morgan fingerprint density at radius 2 is 1.79 bits per heavy atom. The van der Waals surface area contributed by atoms with Gasteiger partial charge in [-0.15, -0.1) is 0 Å². The number of nitriles is 1. The molecule has 3 rings (SSSR count). The minimum atomic E-state index is -0.379. The van der Waals surface area contributed by atoms with E-state index < -0.39 is 0 Å². The molecule has 2 aromatic carbocycles. The number of anilines is 1. The third-order valence-corrected chi connectivity index (χ3v) is 4.75. The first kappa shape index (κ1) is 20.1. The molecule has 0 aromatic heterocycles. The molecule has 29 heavy (non-hydrogen) atoms. The number of nitrogens with zero attached hydrogens (tertiary/aromatic N) is 2. The van der Waals surface area contributed by atoms with Crippen LogP contribution in [-0.4, -0.2) is 29.2 Å². The monoisotopic (exact) mass is 390 g/mol. The number of hydrogen-bond acceptors (Lipinski definition) is 4. The summed E-state index contributed by atoms with van der Waals surface area (Å²) in [6.45, 7) is 1.23. The zero-order valence-electron chi connectivity index (χ0n) is 15.9. The Labute approximate surface area is 169 Å². The summed E-state index contributed by atoms with van der Waals surface area (Å²) in [6, 6.07) is 18.6. The van der Waals surface area contributed by atoms with Crippen LogP contribution in [0.1, 0.15) is 24.0 Å². The van der Waals surface area contributed by atoms with Gasteiger partial charge in [-0.2, -0.15) is 5.26 Å². The van der Waals surface area contributed by atoms with Crippen LogP contribution in [0.15, 0.2) is 54.6 Å². The molecule has 1 atom stereocenters. The van der Waals surface area contributed by atoms with Crippen LogP contribution >= 0.6 is 0 Å². The van der Waals surface area contributed by atoms with Crippen LogP contribution in [0.3, 0.4) is 0 Å². The molecule has 1 saturated heterocycles. The summed E-state index contributed by atoms with van der Waals surface area (Å²) in [7, 11) is 0.